The van der Waals surface area contributed by atoms with E-state index in [1.54, 1.807) is 11.3 Å². The summed E-state index contributed by atoms with van der Waals surface area (Å²) >= 11 is 1.69. The largest absolute Gasteiger partial charge is 0.371 e. The van der Waals surface area contributed by atoms with Crippen molar-refractivity contribution < 1.29 is 14.0 Å². The van der Waals surface area contributed by atoms with Crippen LogP contribution in [0, 0.1) is 5.82 Å². The molecule has 1 fully saturated rings. The normalized spacial score (nSPS) is 14.2. The van der Waals surface area contributed by atoms with E-state index in [0.29, 0.717) is 17.7 Å². The number of piperidine rings is 1. The predicted molar refractivity (Wildman–Crippen MR) is 126 cm³/mol. The lowest BCUT2D eigenvalue weighted by Crippen LogP contribution is -2.45. The average Bonchev–Trinajstić information content (AvgIpc) is 3.33. The molecule has 2 heterocycles. The fraction of sp³-hybridized carbons (Fsp3) is 0.280. The molecule has 2 aromatic carbocycles. The molecule has 0 unspecified atom stereocenters. The Morgan fingerprint density at radius 3 is 2.44 bits per heavy atom. The van der Waals surface area contributed by atoms with Gasteiger partial charge in [0.25, 0.3) is 11.8 Å². The highest BCUT2D eigenvalue weighted by Gasteiger charge is 2.24. The fourth-order valence-electron chi connectivity index (χ4n) is 3.93. The van der Waals surface area contributed by atoms with Crippen molar-refractivity contribution in [3.05, 3.63) is 87.9 Å². The smallest absolute Gasteiger partial charge is 0.253 e. The zero-order valence-electron chi connectivity index (χ0n) is 17.7. The lowest BCUT2D eigenvalue weighted by atomic mass is 10.0. The van der Waals surface area contributed by atoms with E-state index in [9.17, 15) is 14.0 Å². The van der Waals surface area contributed by atoms with Crippen LogP contribution in [0.4, 0.5) is 10.1 Å². The molecule has 0 radical (unpaired) electrons. The number of carbonyl (C=O) groups is 2. The summed E-state index contributed by atoms with van der Waals surface area (Å²) < 4.78 is 13.1. The molecule has 1 aromatic heterocycles. The van der Waals surface area contributed by atoms with E-state index in [1.807, 2.05) is 35.7 Å². The molecule has 7 heteroatoms. The second kappa shape index (κ2) is 10.4. The molecular formula is C25H26FN3O2S. The van der Waals surface area contributed by atoms with Gasteiger partial charge in [0.05, 0.1) is 5.56 Å². The summed E-state index contributed by atoms with van der Waals surface area (Å²) in [6.07, 6.45) is 2.38. The van der Waals surface area contributed by atoms with Gasteiger partial charge in [-0.1, -0.05) is 18.2 Å². The first-order valence-electron chi connectivity index (χ1n) is 10.8. The van der Waals surface area contributed by atoms with E-state index in [-0.39, 0.29) is 23.7 Å². The molecule has 2 amide bonds. The van der Waals surface area contributed by atoms with E-state index in [4.69, 9.17) is 0 Å². The lowest BCUT2D eigenvalue weighted by molar-refractivity contribution is 0.0929. The zero-order chi connectivity index (χ0) is 22.3. The summed E-state index contributed by atoms with van der Waals surface area (Å²) in [5, 5.41) is 8.11. The van der Waals surface area contributed by atoms with E-state index in [1.165, 1.54) is 29.1 Å². The van der Waals surface area contributed by atoms with Crippen molar-refractivity contribution in [2.75, 3.05) is 24.5 Å². The Hall–Kier alpha value is -3.19. The van der Waals surface area contributed by atoms with Gasteiger partial charge in [0, 0.05) is 41.8 Å². The molecule has 1 saturated heterocycles. The van der Waals surface area contributed by atoms with Gasteiger partial charge in [0.1, 0.15) is 5.82 Å². The maximum atomic E-state index is 13.1. The van der Waals surface area contributed by atoms with Gasteiger partial charge in [-0.3, -0.25) is 9.59 Å². The van der Waals surface area contributed by atoms with E-state index in [2.05, 4.69) is 21.6 Å². The molecule has 0 spiro atoms. The number of nitrogens with one attached hydrogen (secondary N) is 2. The highest BCUT2D eigenvalue weighted by Crippen LogP contribution is 2.24. The molecule has 32 heavy (non-hydrogen) atoms. The third kappa shape index (κ3) is 5.53. The molecular weight excluding hydrogens is 425 g/mol. The Bertz CT molecular complexity index is 1050. The summed E-state index contributed by atoms with van der Waals surface area (Å²) in [4.78, 5) is 28.7. The Morgan fingerprint density at radius 2 is 1.72 bits per heavy atom. The molecule has 0 bridgehead atoms. The van der Waals surface area contributed by atoms with Crippen molar-refractivity contribution in [1.82, 2.24) is 10.6 Å². The van der Waals surface area contributed by atoms with Crippen LogP contribution in [-0.4, -0.2) is 37.5 Å². The summed E-state index contributed by atoms with van der Waals surface area (Å²) in [5.41, 5.74) is 2.05. The Labute approximate surface area is 191 Å². The lowest BCUT2D eigenvalue weighted by Gasteiger charge is -2.35. The second-order valence-corrected chi connectivity index (χ2v) is 8.88. The van der Waals surface area contributed by atoms with Crippen molar-refractivity contribution in [3.63, 3.8) is 0 Å². The number of rotatable bonds is 7. The van der Waals surface area contributed by atoms with Crippen molar-refractivity contribution in [2.45, 2.75) is 25.3 Å². The summed E-state index contributed by atoms with van der Waals surface area (Å²) in [7, 11) is 0. The molecule has 5 nitrogen and oxygen atoms in total. The third-order valence-electron chi connectivity index (χ3n) is 5.66. The molecule has 3 aromatic rings. The number of para-hydroxylation sites is 1. The van der Waals surface area contributed by atoms with E-state index < -0.39 is 0 Å². The first-order valence-corrected chi connectivity index (χ1v) is 11.7. The standard InChI is InChI=1S/C25H26FN3O2S/c26-19-9-7-18(8-10-19)24(30)28-20-12-15-29(16-13-20)23-6-2-1-5-22(23)25(31)27-14-11-21-4-3-17-32-21/h1-10,17,20H,11-16H2,(H,27,31)(H,28,30). The average molecular weight is 452 g/mol. The molecule has 0 atom stereocenters. The zero-order valence-corrected chi connectivity index (χ0v) is 18.5. The van der Waals surface area contributed by atoms with Crippen LogP contribution in [0.2, 0.25) is 0 Å². The fourth-order valence-corrected chi connectivity index (χ4v) is 4.63. The molecule has 1 aliphatic heterocycles. The van der Waals surface area contributed by atoms with Crippen LogP contribution in [0.5, 0.6) is 0 Å². The minimum Gasteiger partial charge on any atom is -0.371 e. The third-order valence-corrected chi connectivity index (χ3v) is 6.60. The number of anilines is 1. The molecule has 4 rings (SSSR count). The van der Waals surface area contributed by atoms with Crippen molar-refractivity contribution in [1.29, 1.82) is 0 Å². The maximum Gasteiger partial charge on any atom is 0.253 e. The Balaban J connectivity index is 1.31. The van der Waals surface area contributed by atoms with Crippen LogP contribution in [0.25, 0.3) is 0 Å². The molecule has 0 aliphatic carbocycles. The first kappa shape index (κ1) is 22.0. The Kier molecular flexibility index (Phi) is 7.17. The van der Waals surface area contributed by atoms with Crippen LogP contribution in [0.1, 0.15) is 38.4 Å². The van der Waals surface area contributed by atoms with Crippen LogP contribution >= 0.6 is 11.3 Å². The number of nitrogens with zero attached hydrogens (tertiary/aromatic N) is 1. The van der Waals surface area contributed by atoms with Gasteiger partial charge in [-0.25, -0.2) is 4.39 Å². The number of hydrogen-bond acceptors (Lipinski definition) is 4. The van der Waals surface area contributed by atoms with Crippen LogP contribution < -0.4 is 15.5 Å². The number of thiophene rings is 1. The van der Waals surface area contributed by atoms with Gasteiger partial charge in [-0.15, -0.1) is 11.3 Å². The van der Waals surface area contributed by atoms with Gasteiger partial charge in [-0.2, -0.15) is 0 Å². The summed E-state index contributed by atoms with van der Waals surface area (Å²) in [6, 6.07) is 17.4. The van der Waals surface area contributed by atoms with Crippen LogP contribution in [0.3, 0.4) is 0 Å². The summed E-state index contributed by atoms with van der Waals surface area (Å²) in [5.74, 6) is -0.609. The van der Waals surface area contributed by atoms with Crippen LogP contribution in [-0.2, 0) is 6.42 Å². The van der Waals surface area contributed by atoms with Crippen molar-refractivity contribution in [2.24, 2.45) is 0 Å². The second-order valence-electron chi connectivity index (χ2n) is 7.84. The van der Waals surface area contributed by atoms with Crippen molar-refractivity contribution in [3.8, 4) is 0 Å². The quantitative estimate of drug-likeness (QED) is 0.564. The number of halogens is 1. The molecule has 2 N–H and O–H groups in total. The van der Waals surface area contributed by atoms with Gasteiger partial charge in [-0.05, 0) is 67.1 Å². The highest BCUT2D eigenvalue weighted by molar-refractivity contribution is 7.09. The minimum absolute atomic E-state index is 0.0515. The molecule has 1 aliphatic rings. The monoisotopic (exact) mass is 451 g/mol. The van der Waals surface area contributed by atoms with Gasteiger partial charge >= 0.3 is 0 Å². The topological polar surface area (TPSA) is 61.4 Å². The van der Waals surface area contributed by atoms with Gasteiger partial charge < -0.3 is 15.5 Å². The van der Waals surface area contributed by atoms with Gasteiger partial charge in [0.2, 0.25) is 0 Å². The van der Waals surface area contributed by atoms with E-state index in [0.717, 1.165) is 38.0 Å². The van der Waals surface area contributed by atoms with Gasteiger partial charge in [0.15, 0.2) is 0 Å². The van der Waals surface area contributed by atoms with E-state index >= 15 is 0 Å². The minimum atomic E-state index is -0.357. The number of carbonyl (C=O) groups excluding carboxylic acids is 2. The maximum absolute atomic E-state index is 13.1. The number of hydrogen-bond donors (Lipinski definition) is 2. The Morgan fingerprint density at radius 1 is 0.969 bits per heavy atom. The molecule has 166 valence electrons. The predicted octanol–water partition coefficient (Wildman–Crippen LogP) is 4.26. The van der Waals surface area contributed by atoms with Crippen LogP contribution in [0.15, 0.2) is 66.0 Å². The SMILES string of the molecule is O=C(NC1CCN(c2ccccc2C(=O)NCCc2cccs2)CC1)c1ccc(F)cc1. The number of benzene rings is 2. The summed E-state index contributed by atoms with van der Waals surface area (Å²) in [6.45, 7) is 2.09. The highest BCUT2D eigenvalue weighted by atomic mass is 32.1. The van der Waals surface area contributed by atoms with Crippen molar-refractivity contribution >= 4 is 28.8 Å². The molecule has 0 saturated carbocycles. The number of amides is 2. The first-order chi connectivity index (χ1) is 15.6.